The minimum absolute atomic E-state index is 0.850. The molecular formula is C18H17NO. The van der Waals surface area contributed by atoms with E-state index in [0.717, 1.165) is 30.1 Å². The van der Waals surface area contributed by atoms with Gasteiger partial charge in [0.25, 0.3) is 0 Å². The highest BCUT2D eigenvalue weighted by Crippen LogP contribution is 2.23. The molecule has 0 aliphatic carbocycles. The molecule has 0 spiro atoms. The molecule has 2 nitrogen and oxygen atoms in total. The Balaban J connectivity index is 1.75. The molecule has 0 bridgehead atoms. The molecule has 20 heavy (non-hydrogen) atoms. The number of hydrogen-bond donors (Lipinski definition) is 0. The van der Waals surface area contributed by atoms with E-state index in [-0.39, 0.29) is 0 Å². The molecule has 2 aromatic rings. The number of nitrogens with zero attached hydrogens (tertiary/aromatic N) is 1. The Labute approximate surface area is 119 Å². The quantitative estimate of drug-likeness (QED) is 0.766. The number of allylic oxidation sites excluding steroid dienone is 1. The Morgan fingerprint density at radius 2 is 1.55 bits per heavy atom. The molecule has 0 fully saturated rings. The van der Waals surface area contributed by atoms with Crippen LogP contribution in [0.2, 0.25) is 0 Å². The van der Waals surface area contributed by atoms with Crippen LogP contribution in [0.1, 0.15) is 25.3 Å². The van der Waals surface area contributed by atoms with E-state index in [2.05, 4.69) is 24.0 Å². The van der Waals surface area contributed by atoms with E-state index in [4.69, 9.17) is 4.74 Å². The molecular weight excluding hydrogens is 246 g/mol. The smallest absolute Gasteiger partial charge is 0.127 e. The van der Waals surface area contributed by atoms with Crippen molar-refractivity contribution in [1.82, 2.24) is 0 Å². The predicted molar refractivity (Wildman–Crippen MR) is 82.5 cm³/mol. The molecule has 2 heteroatoms. The summed E-state index contributed by atoms with van der Waals surface area (Å²) in [6.45, 7) is 2.12. The van der Waals surface area contributed by atoms with Gasteiger partial charge in [-0.05, 0) is 61.7 Å². The van der Waals surface area contributed by atoms with E-state index in [0.29, 0.717) is 0 Å². The van der Waals surface area contributed by atoms with Gasteiger partial charge in [-0.25, -0.2) is 0 Å². The van der Waals surface area contributed by atoms with E-state index in [9.17, 15) is 0 Å². The van der Waals surface area contributed by atoms with Gasteiger partial charge in [0.1, 0.15) is 11.5 Å². The van der Waals surface area contributed by atoms with Crippen molar-refractivity contribution in [2.45, 2.75) is 19.8 Å². The summed E-state index contributed by atoms with van der Waals surface area (Å²) in [4.78, 5) is 4.51. The van der Waals surface area contributed by atoms with Gasteiger partial charge in [0, 0.05) is 11.9 Å². The molecule has 100 valence electrons. The molecule has 3 rings (SSSR count). The lowest BCUT2D eigenvalue weighted by Crippen LogP contribution is -2.04. The van der Waals surface area contributed by atoms with Gasteiger partial charge in [0.2, 0.25) is 0 Å². The van der Waals surface area contributed by atoms with Crippen molar-refractivity contribution in [3.8, 4) is 11.5 Å². The normalized spacial score (nSPS) is 14.4. The fraction of sp³-hybridized carbons (Fsp3) is 0.167. The molecule has 2 aromatic carbocycles. The third kappa shape index (κ3) is 2.97. The van der Waals surface area contributed by atoms with E-state index in [1.807, 2.05) is 48.7 Å². The van der Waals surface area contributed by atoms with E-state index >= 15 is 0 Å². The number of rotatable bonds is 3. The zero-order chi connectivity index (χ0) is 13.8. The SMILES string of the molecule is CC1=CN=C(c2ccc(Oc3ccccc3)cc2)CC1. The standard InChI is InChI=1S/C18H17NO/c1-14-7-12-18(19-13-14)15-8-10-17(11-9-15)20-16-5-3-2-4-6-16/h2-6,8-11,13H,7,12H2,1H3. The maximum Gasteiger partial charge on any atom is 0.127 e. The van der Waals surface area contributed by atoms with E-state index in [1.54, 1.807) is 0 Å². The lowest BCUT2D eigenvalue weighted by molar-refractivity contribution is 0.482. The fourth-order valence-electron chi connectivity index (χ4n) is 2.19. The molecule has 0 amide bonds. The first-order valence-electron chi connectivity index (χ1n) is 6.87. The zero-order valence-electron chi connectivity index (χ0n) is 11.5. The number of hydrogen-bond acceptors (Lipinski definition) is 2. The average molecular weight is 263 g/mol. The van der Waals surface area contributed by atoms with Crippen molar-refractivity contribution in [3.05, 3.63) is 71.9 Å². The van der Waals surface area contributed by atoms with Crippen LogP contribution in [0.3, 0.4) is 0 Å². The first-order valence-corrected chi connectivity index (χ1v) is 6.87. The molecule has 0 radical (unpaired) electrons. The second kappa shape index (κ2) is 5.74. The molecule has 0 unspecified atom stereocenters. The molecule has 0 saturated carbocycles. The maximum atomic E-state index is 5.79. The predicted octanol–water partition coefficient (Wildman–Crippen LogP) is 4.97. The van der Waals surface area contributed by atoms with E-state index in [1.165, 1.54) is 11.1 Å². The third-order valence-corrected chi connectivity index (χ3v) is 3.36. The topological polar surface area (TPSA) is 21.6 Å². The van der Waals surface area contributed by atoms with Gasteiger partial charge in [0.05, 0.1) is 0 Å². The van der Waals surface area contributed by atoms with Crippen molar-refractivity contribution >= 4 is 5.71 Å². The first-order chi connectivity index (χ1) is 9.81. The largest absolute Gasteiger partial charge is 0.457 e. The molecule has 0 saturated heterocycles. The molecule has 0 atom stereocenters. The lowest BCUT2D eigenvalue weighted by Gasteiger charge is -2.12. The minimum Gasteiger partial charge on any atom is -0.457 e. The molecule has 1 heterocycles. The van der Waals surface area contributed by atoms with Gasteiger partial charge in [0.15, 0.2) is 0 Å². The van der Waals surface area contributed by atoms with Crippen molar-refractivity contribution in [3.63, 3.8) is 0 Å². The number of aliphatic imine (C=N–C) groups is 1. The van der Waals surface area contributed by atoms with Crippen molar-refractivity contribution < 1.29 is 4.74 Å². The van der Waals surface area contributed by atoms with Crippen LogP contribution in [0, 0.1) is 0 Å². The van der Waals surface area contributed by atoms with E-state index < -0.39 is 0 Å². The summed E-state index contributed by atoms with van der Waals surface area (Å²) in [6.07, 6.45) is 4.08. The van der Waals surface area contributed by atoms with Crippen LogP contribution in [0.5, 0.6) is 11.5 Å². The number of para-hydroxylation sites is 1. The summed E-state index contributed by atoms with van der Waals surface area (Å²) < 4.78 is 5.79. The van der Waals surface area contributed by atoms with Crippen molar-refractivity contribution in [1.29, 1.82) is 0 Å². The van der Waals surface area contributed by atoms with Crippen LogP contribution in [-0.4, -0.2) is 5.71 Å². The molecule has 1 aliphatic rings. The van der Waals surface area contributed by atoms with Gasteiger partial charge in [-0.15, -0.1) is 0 Å². The molecule has 0 aromatic heterocycles. The second-order valence-corrected chi connectivity index (χ2v) is 4.99. The summed E-state index contributed by atoms with van der Waals surface area (Å²) in [6, 6.07) is 18.0. The Bertz CT molecular complexity index is 639. The maximum absolute atomic E-state index is 5.79. The summed E-state index contributed by atoms with van der Waals surface area (Å²) >= 11 is 0. The van der Waals surface area contributed by atoms with Crippen LogP contribution in [0.15, 0.2) is 71.4 Å². The van der Waals surface area contributed by atoms with Crippen LogP contribution in [0.25, 0.3) is 0 Å². The lowest BCUT2D eigenvalue weighted by atomic mass is 10.0. The van der Waals surface area contributed by atoms with Gasteiger partial charge in [-0.2, -0.15) is 0 Å². The number of benzene rings is 2. The highest BCUT2D eigenvalue weighted by atomic mass is 16.5. The number of ether oxygens (including phenoxy) is 1. The summed E-state index contributed by atoms with van der Waals surface area (Å²) in [5.41, 5.74) is 3.67. The van der Waals surface area contributed by atoms with Gasteiger partial charge in [-0.3, -0.25) is 4.99 Å². The van der Waals surface area contributed by atoms with Crippen molar-refractivity contribution in [2.24, 2.45) is 4.99 Å². The molecule has 0 N–H and O–H groups in total. The van der Waals surface area contributed by atoms with Crippen LogP contribution in [-0.2, 0) is 0 Å². The Morgan fingerprint density at radius 1 is 0.850 bits per heavy atom. The van der Waals surface area contributed by atoms with Crippen LogP contribution in [0.4, 0.5) is 0 Å². The monoisotopic (exact) mass is 263 g/mol. The van der Waals surface area contributed by atoms with Gasteiger partial charge < -0.3 is 4.74 Å². The Hall–Kier alpha value is -2.35. The van der Waals surface area contributed by atoms with Crippen LogP contribution >= 0.6 is 0 Å². The first kappa shape index (κ1) is 12.7. The Kier molecular flexibility index (Phi) is 3.64. The van der Waals surface area contributed by atoms with Crippen molar-refractivity contribution in [2.75, 3.05) is 0 Å². The summed E-state index contributed by atoms with van der Waals surface area (Å²) in [5.74, 6) is 1.71. The summed E-state index contributed by atoms with van der Waals surface area (Å²) in [7, 11) is 0. The minimum atomic E-state index is 0.850. The third-order valence-electron chi connectivity index (χ3n) is 3.36. The van der Waals surface area contributed by atoms with Gasteiger partial charge >= 0.3 is 0 Å². The molecule has 1 aliphatic heterocycles. The summed E-state index contributed by atoms with van der Waals surface area (Å²) in [5, 5.41) is 0. The highest BCUT2D eigenvalue weighted by Gasteiger charge is 2.08. The average Bonchev–Trinajstić information content (AvgIpc) is 2.50. The Morgan fingerprint density at radius 3 is 2.20 bits per heavy atom. The van der Waals surface area contributed by atoms with Gasteiger partial charge in [-0.1, -0.05) is 23.8 Å². The van der Waals surface area contributed by atoms with Crippen LogP contribution < -0.4 is 4.74 Å². The fourth-order valence-corrected chi connectivity index (χ4v) is 2.19. The second-order valence-electron chi connectivity index (χ2n) is 4.99. The highest BCUT2D eigenvalue weighted by molar-refractivity contribution is 6.01. The zero-order valence-corrected chi connectivity index (χ0v) is 11.5.